The highest BCUT2D eigenvalue weighted by molar-refractivity contribution is 5.75. The largest absolute Gasteiger partial charge is 0.426 e. The van der Waals surface area contributed by atoms with Crippen LogP contribution in [0.15, 0.2) is 42.6 Å². The summed E-state index contributed by atoms with van der Waals surface area (Å²) in [6.07, 6.45) is 13.6. The van der Waals surface area contributed by atoms with E-state index in [-0.39, 0.29) is 11.9 Å². The molecule has 3 nitrogen and oxygen atoms in total. The van der Waals surface area contributed by atoms with E-state index < -0.39 is 0 Å². The molecular formula is C26H35NO2. The predicted octanol–water partition coefficient (Wildman–Crippen LogP) is 6.99. The Morgan fingerprint density at radius 3 is 2.31 bits per heavy atom. The van der Waals surface area contributed by atoms with Crippen molar-refractivity contribution in [2.24, 2.45) is 11.8 Å². The molecule has 1 saturated carbocycles. The van der Waals surface area contributed by atoms with Gasteiger partial charge in [-0.05, 0) is 80.3 Å². The van der Waals surface area contributed by atoms with Crippen LogP contribution in [-0.2, 0) is 11.2 Å². The third-order valence-electron chi connectivity index (χ3n) is 6.16. The van der Waals surface area contributed by atoms with Crippen molar-refractivity contribution in [1.29, 1.82) is 0 Å². The number of aromatic nitrogens is 1. The number of nitrogens with zero attached hydrogens (tertiary/aromatic N) is 1. The number of hydrogen-bond acceptors (Lipinski definition) is 3. The molecule has 1 aliphatic carbocycles. The molecule has 1 aromatic carbocycles. The van der Waals surface area contributed by atoms with Crippen LogP contribution in [0.5, 0.6) is 5.75 Å². The maximum atomic E-state index is 12.5. The van der Waals surface area contributed by atoms with Gasteiger partial charge in [0.2, 0.25) is 0 Å². The van der Waals surface area contributed by atoms with Crippen molar-refractivity contribution >= 4 is 5.97 Å². The first-order chi connectivity index (χ1) is 14.2. The zero-order valence-corrected chi connectivity index (χ0v) is 18.0. The summed E-state index contributed by atoms with van der Waals surface area (Å²) in [5.41, 5.74) is 3.28. The molecule has 3 rings (SSSR count). The number of carbonyl (C=O) groups excluding carboxylic acids is 1. The van der Waals surface area contributed by atoms with Crippen LogP contribution in [0.4, 0.5) is 0 Å². The summed E-state index contributed by atoms with van der Waals surface area (Å²) in [4.78, 5) is 17.1. The van der Waals surface area contributed by atoms with Crippen LogP contribution in [0.25, 0.3) is 11.3 Å². The van der Waals surface area contributed by atoms with Crippen LogP contribution in [0.2, 0.25) is 0 Å². The Morgan fingerprint density at radius 2 is 1.69 bits per heavy atom. The molecule has 0 spiro atoms. The summed E-state index contributed by atoms with van der Waals surface area (Å²) in [5.74, 6) is 1.43. The lowest BCUT2D eigenvalue weighted by Crippen LogP contribution is -2.25. The van der Waals surface area contributed by atoms with Crippen LogP contribution in [-0.4, -0.2) is 11.0 Å². The Morgan fingerprint density at radius 1 is 0.966 bits per heavy atom. The molecule has 1 aromatic heterocycles. The first-order valence-electron chi connectivity index (χ1n) is 11.5. The third kappa shape index (κ3) is 6.42. The molecule has 3 heteroatoms. The van der Waals surface area contributed by atoms with Gasteiger partial charge in [-0.3, -0.25) is 9.78 Å². The highest BCUT2D eigenvalue weighted by atomic mass is 16.5. The van der Waals surface area contributed by atoms with E-state index in [2.05, 4.69) is 31.0 Å². The van der Waals surface area contributed by atoms with E-state index in [1.54, 1.807) is 0 Å². The minimum absolute atomic E-state index is 0.0601. The van der Waals surface area contributed by atoms with Gasteiger partial charge in [0.05, 0.1) is 11.6 Å². The average molecular weight is 394 g/mol. The fourth-order valence-electron chi connectivity index (χ4n) is 4.20. The Hall–Kier alpha value is -2.16. The number of esters is 1. The predicted molar refractivity (Wildman–Crippen MR) is 119 cm³/mol. The van der Waals surface area contributed by atoms with Crippen LogP contribution in [0, 0.1) is 11.8 Å². The van der Waals surface area contributed by atoms with E-state index in [9.17, 15) is 4.79 Å². The molecule has 0 N–H and O–H groups in total. The van der Waals surface area contributed by atoms with Crippen molar-refractivity contribution < 1.29 is 9.53 Å². The van der Waals surface area contributed by atoms with Gasteiger partial charge in [-0.1, -0.05) is 45.6 Å². The number of hydrogen-bond donors (Lipinski definition) is 0. The van der Waals surface area contributed by atoms with Crippen LogP contribution >= 0.6 is 0 Å². The van der Waals surface area contributed by atoms with Crippen molar-refractivity contribution in [2.45, 2.75) is 78.1 Å². The number of unbranched alkanes of at least 4 members (excludes halogenated alkanes) is 2. The molecule has 156 valence electrons. The molecule has 2 aromatic rings. The molecule has 0 saturated heterocycles. The lowest BCUT2D eigenvalue weighted by molar-refractivity contribution is -0.140. The molecule has 0 bridgehead atoms. The van der Waals surface area contributed by atoms with Crippen molar-refractivity contribution in [3.8, 4) is 17.0 Å². The highest BCUT2D eigenvalue weighted by Crippen LogP contribution is 2.33. The second-order valence-corrected chi connectivity index (χ2v) is 8.46. The second kappa shape index (κ2) is 11.1. The fraction of sp³-hybridized carbons (Fsp3) is 0.538. The number of benzene rings is 1. The Labute approximate surface area is 175 Å². The molecule has 29 heavy (non-hydrogen) atoms. The molecule has 0 atom stereocenters. The zero-order chi connectivity index (χ0) is 20.5. The molecule has 0 amide bonds. The smallest absolute Gasteiger partial charge is 0.314 e. The van der Waals surface area contributed by atoms with Gasteiger partial charge in [0.1, 0.15) is 5.75 Å². The van der Waals surface area contributed by atoms with Gasteiger partial charge in [0.25, 0.3) is 0 Å². The SMILES string of the molecule is CCCCc1ccc(-c2ccc(OC(=O)C3CCC(CCCC)CC3)cc2)nc1. The minimum Gasteiger partial charge on any atom is -0.426 e. The summed E-state index contributed by atoms with van der Waals surface area (Å²) in [5, 5.41) is 0. The van der Waals surface area contributed by atoms with Gasteiger partial charge in [0.15, 0.2) is 0 Å². The van der Waals surface area contributed by atoms with E-state index in [0.29, 0.717) is 5.75 Å². The van der Waals surface area contributed by atoms with Gasteiger partial charge in [-0.25, -0.2) is 0 Å². The summed E-state index contributed by atoms with van der Waals surface area (Å²) in [6.45, 7) is 4.45. The van der Waals surface area contributed by atoms with Crippen molar-refractivity contribution in [3.05, 3.63) is 48.2 Å². The number of pyridine rings is 1. The van der Waals surface area contributed by atoms with Gasteiger partial charge in [-0.2, -0.15) is 0 Å². The topological polar surface area (TPSA) is 39.2 Å². The Balaban J connectivity index is 1.51. The van der Waals surface area contributed by atoms with E-state index in [0.717, 1.165) is 36.4 Å². The quantitative estimate of drug-likeness (QED) is 0.340. The lowest BCUT2D eigenvalue weighted by Gasteiger charge is -2.27. The molecule has 1 fully saturated rings. The maximum absolute atomic E-state index is 12.5. The van der Waals surface area contributed by atoms with E-state index >= 15 is 0 Å². The van der Waals surface area contributed by atoms with Gasteiger partial charge < -0.3 is 4.74 Å². The summed E-state index contributed by atoms with van der Waals surface area (Å²) in [6, 6.07) is 12.0. The molecule has 0 aliphatic heterocycles. The zero-order valence-electron chi connectivity index (χ0n) is 18.0. The first kappa shape index (κ1) is 21.5. The molecule has 1 heterocycles. The average Bonchev–Trinajstić information content (AvgIpc) is 2.77. The molecule has 1 aliphatic rings. The molecule has 0 unspecified atom stereocenters. The van der Waals surface area contributed by atoms with Crippen molar-refractivity contribution in [1.82, 2.24) is 4.98 Å². The Kier molecular flexibility index (Phi) is 8.27. The normalized spacial score (nSPS) is 19.1. The maximum Gasteiger partial charge on any atom is 0.314 e. The van der Waals surface area contributed by atoms with Crippen LogP contribution in [0.3, 0.4) is 0 Å². The van der Waals surface area contributed by atoms with E-state index in [1.807, 2.05) is 30.5 Å². The summed E-state index contributed by atoms with van der Waals surface area (Å²) in [7, 11) is 0. The number of ether oxygens (including phenoxy) is 1. The van der Waals surface area contributed by atoms with Crippen molar-refractivity contribution in [3.63, 3.8) is 0 Å². The number of rotatable bonds is 9. The van der Waals surface area contributed by atoms with E-state index in [1.165, 1.54) is 50.5 Å². The standard InChI is InChI=1S/C26H35NO2/c1-3-5-7-20-9-12-23(13-10-20)26(28)29-24-16-14-22(15-17-24)25-18-11-21(19-27-25)8-6-4-2/h11,14-20,23H,3-10,12-13H2,1-2H3. The summed E-state index contributed by atoms with van der Waals surface area (Å²) >= 11 is 0. The summed E-state index contributed by atoms with van der Waals surface area (Å²) < 4.78 is 5.67. The fourth-order valence-corrected chi connectivity index (χ4v) is 4.20. The van der Waals surface area contributed by atoms with Gasteiger partial charge in [0, 0.05) is 11.8 Å². The van der Waals surface area contributed by atoms with Crippen LogP contribution < -0.4 is 4.74 Å². The minimum atomic E-state index is -0.0647. The number of carbonyl (C=O) groups is 1. The van der Waals surface area contributed by atoms with Gasteiger partial charge in [-0.15, -0.1) is 0 Å². The third-order valence-corrected chi connectivity index (χ3v) is 6.16. The van der Waals surface area contributed by atoms with Crippen LogP contribution in [0.1, 0.15) is 77.2 Å². The van der Waals surface area contributed by atoms with Crippen molar-refractivity contribution in [2.75, 3.05) is 0 Å². The second-order valence-electron chi connectivity index (χ2n) is 8.46. The highest BCUT2D eigenvalue weighted by Gasteiger charge is 2.27. The monoisotopic (exact) mass is 393 g/mol. The van der Waals surface area contributed by atoms with E-state index in [4.69, 9.17) is 4.74 Å². The number of aryl methyl sites for hydroxylation is 1. The lowest BCUT2D eigenvalue weighted by atomic mass is 9.80. The van der Waals surface area contributed by atoms with Gasteiger partial charge >= 0.3 is 5.97 Å². The first-order valence-corrected chi connectivity index (χ1v) is 11.5. The molecular weight excluding hydrogens is 358 g/mol. The molecule has 0 radical (unpaired) electrons. The Bertz CT molecular complexity index is 743.